The van der Waals surface area contributed by atoms with E-state index in [1.807, 2.05) is 30.6 Å². The zero-order valence-corrected chi connectivity index (χ0v) is 20.5. The van der Waals surface area contributed by atoms with Crippen molar-refractivity contribution in [2.75, 3.05) is 19.6 Å². The number of nitrogens with zero attached hydrogens (tertiary/aromatic N) is 6. The highest BCUT2D eigenvalue weighted by Crippen LogP contribution is 2.45. The van der Waals surface area contributed by atoms with Gasteiger partial charge in [0.1, 0.15) is 11.9 Å². The first-order valence-electron chi connectivity index (χ1n) is 12.9. The van der Waals surface area contributed by atoms with Crippen LogP contribution in [-0.4, -0.2) is 51.1 Å². The van der Waals surface area contributed by atoms with E-state index in [4.69, 9.17) is 15.8 Å². The lowest BCUT2D eigenvalue weighted by molar-refractivity contribution is -0.750. The van der Waals surface area contributed by atoms with Gasteiger partial charge in [0.15, 0.2) is 0 Å². The number of nitrogens with two attached hydrogens (primary N) is 1. The molecule has 3 aromatic rings. The fourth-order valence-corrected chi connectivity index (χ4v) is 5.93. The molecule has 7 heteroatoms. The highest BCUT2D eigenvalue weighted by molar-refractivity contribution is 6.03. The van der Waals surface area contributed by atoms with Crippen LogP contribution in [-0.2, 0) is 0 Å². The quantitative estimate of drug-likeness (QED) is 0.433. The average Bonchev–Trinajstić information content (AvgIpc) is 3.15. The molecule has 4 aliphatic rings. The van der Waals surface area contributed by atoms with E-state index in [1.165, 1.54) is 44.5 Å². The Bertz CT molecular complexity index is 1480. The number of allylic oxidation sites excluding steroid dienone is 2. The Labute approximate surface area is 211 Å². The van der Waals surface area contributed by atoms with Gasteiger partial charge in [0, 0.05) is 24.0 Å². The number of aryl methyl sites for hydroxylation is 1. The van der Waals surface area contributed by atoms with E-state index in [-0.39, 0.29) is 4.59 Å². The fourth-order valence-electron chi connectivity index (χ4n) is 5.93. The molecule has 1 saturated carbocycles. The number of pyridine rings is 2. The molecule has 0 amide bonds. The Morgan fingerprint density at radius 3 is 2.75 bits per heavy atom. The molecule has 2 aromatic heterocycles. The van der Waals surface area contributed by atoms with Crippen molar-refractivity contribution in [1.82, 2.24) is 14.9 Å². The first-order chi connectivity index (χ1) is 17.6. The van der Waals surface area contributed by atoms with Gasteiger partial charge in [0.05, 0.1) is 34.9 Å². The molecule has 180 valence electrons. The van der Waals surface area contributed by atoms with Gasteiger partial charge in [-0.05, 0) is 81.1 Å². The number of benzene rings is 1. The van der Waals surface area contributed by atoms with Gasteiger partial charge >= 0.3 is 0 Å². The van der Waals surface area contributed by atoms with Crippen molar-refractivity contribution in [2.24, 2.45) is 27.7 Å². The summed E-state index contributed by atoms with van der Waals surface area (Å²) >= 11 is 0. The molecule has 1 aliphatic carbocycles. The molecular weight excluding hydrogens is 446 g/mol. The number of aromatic nitrogens is 2. The molecule has 1 aromatic carbocycles. The summed E-state index contributed by atoms with van der Waals surface area (Å²) in [4.78, 5) is 21.7. The molecule has 36 heavy (non-hydrogen) atoms. The third kappa shape index (κ3) is 3.46. The highest BCUT2D eigenvalue weighted by atomic mass is 15.6. The molecule has 0 radical (unpaired) electrons. The number of quaternary nitrogens is 1. The van der Waals surface area contributed by atoms with Crippen LogP contribution in [0.25, 0.3) is 22.3 Å². The van der Waals surface area contributed by atoms with E-state index >= 15 is 0 Å². The predicted octanol–water partition coefficient (Wildman–Crippen LogP) is 4.56. The Hall–Kier alpha value is -3.52. The number of amidine groups is 1. The van der Waals surface area contributed by atoms with Crippen LogP contribution in [0, 0.1) is 18.8 Å². The number of hydrogen-bond donors (Lipinski definition) is 1. The van der Waals surface area contributed by atoms with Crippen LogP contribution in [0.3, 0.4) is 0 Å². The number of fused-ring (bicyclic) bond motifs is 2. The second-order valence-corrected chi connectivity index (χ2v) is 10.5. The van der Waals surface area contributed by atoms with Gasteiger partial charge in [-0.25, -0.2) is 4.98 Å². The molecule has 1 unspecified atom stereocenters. The minimum atomic E-state index is 0.0660. The molecular formula is C29H30N7+. The zero-order valence-electron chi connectivity index (χ0n) is 20.5. The normalized spacial score (nSPS) is 27.1. The molecule has 7 rings (SSSR count). The third-order valence-corrected chi connectivity index (χ3v) is 8.11. The Kier molecular flexibility index (Phi) is 4.99. The largest absolute Gasteiger partial charge is 0.303 e. The topological polar surface area (TPSA) is 79.8 Å². The summed E-state index contributed by atoms with van der Waals surface area (Å²) in [6, 6.07) is 14.4. The number of hydrogen-bond acceptors (Lipinski definition) is 6. The van der Waals surface area contributed by atoms with Gasteiger partial charge in [0.25, 0.3) is 5.84 Å². The smallest absolute Gasteiger partial charge is 0.264 e. The average molecular weight is 477 g/mol. The van der Waals surface area contributed by atoms with Gasteiger partial charge in [0.2, 0.25) is 5.70 Å². The lowest BCUT2D eigenvalue weighted by Crippen LogP contribution is -2.53. The van der Waals surface area contributed by atoms with Gasteiger partial charge in [-0.15, -0.1) is 4.59 Å². The standard InChI is InChI=1S/C29H30N7/c1-19-13-26(24-5-2-3-8-32-24)33-25-16-21(6-7-23(19)25)29-34-28(27-17-31-9-12-36(27,29)30)22-14-20(15-22)18-35-10-4-11-35/h2-3,5-9,12-13,16-17,20,22H,4,10-11,14-15,18,30H2,1H3/q+1. The summed E-state index contributed by atoms with van der Waals surface area (Å²) in [5.41, 5.74) is 6.91. The summed E-state index contributed by atoms with van der Waals surface area (Å²) in [6.45, 7) is 5.86. The van der Waals surface area contributed by atoms with Crippen molar-refractivity contribution in [3.8, 4) is 11.4 Å². The number of likely N-dealkylation sites (tertiary alicyclic amines) is 1. The maximum absolute atomic E-state index is 7.02. The summed E-state index contributed by atoms with van der Waals surface area (Å²) in [7, 11) is 0. The SMILES string of the molecule is Cc1cc(-c2ccccn2)nc2cc(C3=NC(C4CC(CN5CCC5)C4)=C4C=NC=C[N+]34N)ccc12. The Balaban J connectivity index is 1.24. The van der Waals surface area contributed by atoms with Crippen LogP contribution in [0.4, 0.5) is 0 Å². The van der Waals surface area contributed by atoms with Crippen LogP contribution in [0.1, 0.15) is 30.4 Å². The van der Waals surface area contributed by atoms with Crippen LogP contribution < -0.4 is 5.84 Å². The molecule has 7 nitrogen and oxygen atoms in total. The lowest BCUT2D eigenvalue weighted by atomic mass is 9.72. The first-order valence-corrected chi connectivity index (χ1v) is 12.9. The second kappa shape index (κ2) is 8.27. The van der Waals surface area contributed by atoms with Crippen molar-refractivity contribution in [1.29, 1.82) is 0 Å². The van der Waals surface area contributed by atoms with Crippen LogP contribution in [0.5, 0.6) is 0 Å². The summed E-state index contributed by atoms with van der Waals surface area (Å²) in [6.07, 6.45) is 11.1. The van der Waals surface area contributed by atoms with Gasteiger partial charge in [-0.1, -0.05) is 12.1 Å². The molecule has 0 bridgehead atoms. The van der Waals surface area contributed by atoms with Crippen LogP contribution in [0.15, 0.2) is 82.4 Å². The van der Waals surface area contributed by atoms with Crippen molar-refractivity contribution in [3.05, 3.63) is 83.6 Å². The van der Waals surface area contributed by atoms with Crippen molar-refractivity contribution < 1.29 is 4.59 Å². The maximum atomic E-state index is 7.02. The van der Waals surface area contributed by atoms with Crippen molar-refractivity contribution in [3.63, 3.8) is 0 Å². The molecule has 2 fully saturated rings. The van der Waals surface area contributed by atoms with Gasteiger partial charge < -0.3 is 4.90 Å². The number of rotatable bonds is 5. The van der Waals surface area contributed by atoms with E-state index in [2.05, 4.69) is 46.1 Å². The van der Waals surface area contributed by atoms with Crippen molar-refractivity contribution in [2.45, 2.75) is 26.2 Å². The van der Waals surface area contributed by atoms with Gasteiger partial charge in [-0.3, -0.25) is 9.98 Å². The van der Waals surface area contributed by atoms with E-state index in [9.17, 15) is 0 Å². The molecule has 0 spiro atoms. The Morgan fingerprint density at radius 2 is 1.97 bits per heavy atom. The third-order valence-electron chi connectivity index (χ3n) is 8.11. The highest BCUT2D eigenvalue weighted by Gasteiger charge is 2.48. The van der Waals surface area contributed by atoms with E-state index in [1.54, 1.807) is 12.4 Å². The predicted molar refractivity (Wildman–Crippen MR) is 143 cm³/mol. The molecule has 1 saturated heterocycles. The van der Waals surface area contributed by atoms with Crippen LogP contribution in [0.2, 0.25) is 0 Å². The number of aliphatic imine (C=N–C) groups is 2. The van der Waals surface area contributed by atoms with Gasteiger partial charge in [-0.2, -0.15) is 10.8 Å². The Morgan fingerprint density at radius 1 is 1.08 bits per heavy atom. The monoisotopic (exact) mass is 476 g/mol. The minimum absolute atomic E-state index is 0.0660. The first kappa shape index (κ1) is 21.7. The lowest BCUT2D eigenvalue weighted by Gasteiger charge is -2.41. The molecule has 5 heterocycles. The van der Waals surface area contributed by atoms with E-state index in [0.29, 0.717) is 5.92 Å². The minimum Gasteiger partial charge on any atom is -0.303 e. The zero-order chi connectivity index (χ0) is 24.3. The maximum Gasteiger partial charge on any atom is 0.264 e. The van der Waals surface area contributed by atoms with E-state index in [0.717, 1.165) is 51.0 Å². The van der Waals surface area contributed by atoms with Crippen molar-refractivity contribution >= 4 is 23.0 Å². The van der Waals surface area contributed by atoms with Crippen LogP contribution >= 0.6 is 0 Å². The fraction of sp³-hybridized carbons (Fsp3) is 0.310. The van der Waals surface area contributed by atoms with E-state index < -0.39 is 0 Å². The molecule has 2 N–H and O–H groups in total. The summed E-state index contributed by atoms with van der Waals surface area (Å²) in [5.74, 6) is 9.06. The molecule has 3 aliphatic heterocycles. The summed E-state index contributed by atoms with van der Waals surface area (Å²) in [5, 5.41) is 1.12. The summed E-state index contributed by atoms with van der Waals surface area (Å²) < 4.78 is 0.0660. The second-order valence-electron chi connectivity index (χ2n) is 10.5. The molecule has 1 atom stereocenters.